The molecule has 0 saturated carbocycles. The van der Waals surface area contributed by atoms with Crippen LogP contribution in [-0.4, -0.2) is 24.5 Å². The van der Waals surface area contributed by atoms with Crippen molar-refractivity contribution >= 4 is 13.2 Å². The summed E-state index contributed by atoms with van der Waals surface area (Å²) in [6.07, 6.45) is 3.58. The highest BCUT2D eigenvalue weighted by atomic mass is 31.1. The molecule has 0 heterocycles. The van der Waals surface area contributed by atoms with Crippen LogP contribution in [0.2, 0.25) is 0 Å². The molecule has 0 bridgehead atoms. The lowest BCUT2D eigenvalue weighted by Gasteiger charge is -2.44. The zero-order valence-electron chi connectivity index (χ0n) is 30.7. The molecule has 0 aromatic heterocycles. The minimum absolute atomic E-state index is 0.0486. The highest BCUT2D eigenvalue weighted by Crippen LogP contribution is 2.62. The zero-order chi connectivity index (χ0) is 33.1. The van der Waals surface area contributed by atoms with E-state index in [0.29, 0.717) is 17.8 Å². The lowest BCUT2D eigenvalue weighted by molar-refractivity contribution is 0.407. The van der Waals surface area contributed by atoms with Crippen molar-refractivity contribution in [3.63, 3.8) is 0 Å². The molecule has 0 spiro atoms. The Morgan fingerprint density at radius 3 is 1.57 bits per heavy atom. The summed E-state index contributed by atoms with van der Waals surface area (Å²) in [5.41, 5.74) is 10.9. The van der Waals surface area contributed by atoms with Crippen molar-refractivity contribution in [1.29, 1.82) is 0 Å². The van der Waals surface area contributed by atoms with Gasteiger partial charge in [0.15, 0.2) is 0 Å². The molecule has 0 N–H and O–H groups in total. The first-order valence-electron chi connectivity index (χ1n) is 16.8. The second-order valence-electron chi connectivity index (χ2n) is 15.4. The Morgan fingerprint density at radius 2 is 1.14 bits per heavy atom. The lowest BCUT2D eigenvalue weighted by Crippen LogP contribution is -2.33. The van der Waals surface area contributed by atoms with Crippen LogP contribution in [0, 0.1) is 0 Å². The molecule has 0 radical (unpaired) electrons. The molecule has 0 unspecified atom stereocenters. The fourth-order valence-corrected chi connectivity index (χ4v) is 11.3. The van der Waals surface area contributed by atoms with Gasteiger partial charge in [0.2, 0.25) is 0 Å². The Morgan fingerprint density at radius 1 is 0.636 bits per heavy atom. The number of unbranched alkanes of at least 4 members (excludes halogenated alkanes) is 1. The average Bonchev–Trinajstić information content (AvgIpc) is 2.93. The lowest BCUT2D eigenvalue weighted by atomic mass is 9.76. The Balaban J connectivity index is 2.66. The SMILES string of the molecule is CCCCc1ccc(-c2c(C(C)C)cc(C(C)C)c(-c3c(OC)ccc(OC)c3P(C(C)(C)C)C(C)(C)C)c2C(C)C)cc1. The zero-order valence-corrected chi connectivity index (χ0v) is 31.6. The third-order valence-corrected chi connectivity index (χ3v) is 12.2. The molecule has 0 aliphatic rings. The van der Waals surface area contributed by atoms with E-state index in [1.807, 2.05) is 14.2 Å². The first-order valence-corrected chi connectivity index (χ1v) is 18.2. The molecule has 3 aromatic rings. The molecule has 0 amide bonds. The molecule has 3 heteroatoms. The van der Waals surface area contributed by atoms with Gasteiger partial charge in [-0.25, -0.2) is 0 Å². The highest BCUT2D eigenvalue weighted by molar-refractivity contribution is 7.69. The second kappa shape index (κ2) is 14.4. The maximum atomic E-state index is 6.32. The molecule has 242 valence electrons. The Labute approximate surface area is 272 Å². The maximum Gasteiger partial charge on any atom is 0.127 e. The summed E-state index contributed by atoms with van der Waals surface area (Å²) in [4.78, 5) is 0. The predicted molar refractivity (Wildman–Crippen MR) is 197 cm³/mol. The van der Waals surface area contributed by atoms with E-state index >= 15 is 0 Å². The van der Waals surface area contributed by atoms with Crippen LogP contribution in [0.3, 0.4) is 0 Å². The second-order valence-corrected chi connectivity index (χ2v) is 19.2. The maximum absolute atomic E-state index is 6.32. The molecule has 44 heavy (non-hydrogen) atoms. The van der Waals surface area contributed by atoms with Crippen LogP contribution >= 0.6 is 7.92 Å². The largest absolute Gasteiger partial charge is 0.496 e. The van der Waals surface area contributed by atoms with Gasteiger partial charge in [-0.15, -0.1) is 0 Å². The molecule has 0 atom stereocenters. The van der Waals surface area contributed by atoms with Gasteiger partial charge in [-0.05, 0) is 92.0 Å². The summed E-state index contributed by atoms with van der Waals surface area (Å²) >= 11 is 0. The van der Waals surface area contributed by atoms with Crippen molar-refractivity contribution in [2.45, 2.75) is 137 Å². The van der Waals surface area contributed by atoms with Gasteiger partial charge in [-0.2, -0.15) is 0 Å². The molecular weight excluding hydrogens is 555 g/mol. The van der Waals surface area contributed by atoms with Crippen LogP contribution in [0.5, 0.6) is 11.5 Å². The van der Waals surface area contributed by atoms with Gasteiger partial charge >= 0.3 is 0 Å². The standard InChI is InChI=1S/C41H61O2P/c1-16-17-18-29-19-21-30(22-20-29)36-31(26(2)3)25-32(27(4)5)37(35(36)28(6)7)38-33(42-14)23-24-34(43-15)39(38)44(40(8,9)10)41(11,12)13/h19-28H,16-18H2,1-15H3. The van der Waals surface area contributed by atoms with E-state index in [0.717, 1.165) is 17.9 Å². The van der Waals surface area contributed by atoms with Crippen molar-refractivity contribution in [3.05, 3.63) is 64.7 Å². The normalized spacial score (nSPS) is 12.6. The summed E-state index contributed by atoms with van der Waals surface area (Å²) in [7, 11) is 2.96. The fraction of sp³-hybridized carbons (Fsp3) is 0.561. The minimum atomic E-state index is -0.694. The summed E-state index contributed by atoms with van der Waals surface area (Å²) in [6.45, 7) is 30.8. The van der Waals surface area contributed by atoms with Crippen LogP contribution < -0.4 is 14.8 Å². The summed E-state index contributed by atoms with van der Waals surface area (Å²) in [5, 5.41) is 1.42. The van der Waals surface area contributed by atoms with Crippen LogP contribution in [0.4, 0.5) is 0 Å². The van der Waals surface area contributed by atoms with Gasteiger partial charge in [-0.3, -0.25) is 0 Å². The van der Waals surface area contributed by atoms with E-state index in [2.05, 4.69) is 132 Å². The van der Waals surface area contributed by atoms with Crippen LogP contribution in [0.25, 0.3) is 22.3 Å². The van der Waals surface area contributed by atoms with E-state index < -0.39 is 7.92 Å². The van der Waals surface area contributed by atoms with E-state index in [9.17, 15) is 0 Å². The Hall–Kier alpha value is -2.31. The van der Waals surface area contributed by atoms with Gasteiger partial charge in [0.25, 0.3) is 0 Å². The topological polar surface area (TPSA) is 18.5 Å². The first-order chi connectivity index (χ1) is 20.5. The van der Waals surface area contributed by atoms with Crippen molar-refractivity contribution in [3.8, 4) is 33.8 Å². The average molecular weight is 617 g/mol. The van der Waals surface area contributed by atoms with E-state index in [4.69, 9.17) is 9.47 Å². The fourth-order valence-electron chi connectivity index (χ4n) is 7.09. The molecule has 3 aromatic carbocycles. The molecule has 0 aliphatic carbocycles. The third kappa shape index (κ3) is 7.55. The Bertz CT molecular complexity index is 1380. The van der Waals surface area contributed by atoms with Gasteiger partial charge in [0.1, 0.15) is 11.5 Å². The number of methoxy groups -OCH3 is 2. The first kappa shape index (κ1) is 36.2. The van der Waals surface area contributed by atoms with Gasteiger partial charge < -0.3 is 9.47 Å². The monoisotopic (exact) mass is 616 g/mol. The summed E-state index contributed by atoms with van der Waals surface area (Å²) < 4.78 is 12.6. The smallest absolute Gasteiger partial charge is 0.127 e. The molecule has 0 aliphatic heterocycles. The van der Waals surface area contributed by atoms with Crippen LogP contribution in [0.15, 0.2) is 42.5 Å². The van der Waals surface area contributed by atoms with E-state index in [1.54, 1.807) is 0 Å². The van der Waals surface area contributed by atoms with Crippen molar-refractivity contribution in [2.75, 3.05) is 14.2 Å². The number of aryl methyl sites for hydroxylation is 1. The molecule has 0 fully saturated rings. The molecular formula is C41H61O2P. The highest BCUT2D eigenvalue weighted by Gasteiger charge is 2.41. The number of rotatable bonds is 11. The molecule has 2 nitrogen and oxygen atoms in total. The van der Waals surface area contributed by atoms with E-state index in [1.165, 1.54) is 62.7 Å². The Kier molecular flexibility index (Phi) is 11.8. The van der Waals surface area contributed by atoms with Crippen molar-refractivity contribution in [2.24, 2.45) is 0 Å². The predicted octanol–water partition coefficient (Wildman–Crippen LogP) is 12.5. The van der Waals surface area contributed by atoms with Gasteiger partial charge in [0, 0.05) is 10.9 Å². The third-order valence-electron chi connectivity index (χ3n) is 8.67. The van der Waals surface area contributed by atoms with E-state index in [-0.39, 0.29) is 10.3 Å². The van der Waals surface area contributed by atoms with Crippen LogP contribution in [-0.2, 0) is 6.42 Å². The van der Waals surface area contributed by atoms with Crippen molar-refractivity contribution in [1.82, 2.24) is 0 Å². The number of ether oxygens (including phenoxy) is 2. The van der Waals surface area contributed by atoms with Crippen LogP contribution in [0.1, 0.15) is 143 Å². The molecule has 0 saturated heterocycles. The summed E-state index contributed by atoms with van der Waals surface area (Å²) in [5.74, 6) is 2.93. The molecule has 3 rings (SSSR count). The minimum Gasteiger partial charge on any atom is -0.496 e. The van der Waals surface area contributed by atoms with Gasteiger partial charge in [0.05, 0.1) is 14.2 Å². The number of hydrogen-bond acceptors (Lipinski definition) is 2. The number of hydrogen-bond donors (Lipinski definition) is 0. The number of benzene rings is 3. The van der Waals surface area contributed by atoms with Gasteiger partial charge in [-0.1, -0.05) is 135 Å². The quantitative estimate of drug-likeness (QED) is 0.200. The van der Waals surface area contributed by atoms with Crippen molar-refractivity contribution < 1.29 is 9.47 Å². The summed E-state index contributed by atoms with van der Waals surface area (Å²) in [6, 6.07) is 16.2.